The Labute approximate surface area is 151 Å². The molecule has 0 unspecified atom stereocenters. The lowest BCUT2D eigenvalue weighted by atomic mass is 10.2. The lowest BCUT2D eigenvalue weighted by molar-refractivity contribution is -0.384. The molecule has 9 heteroatoms. The SMILES string of the molecule is COc1cc([N+](=O)[O-])ccc1NC(=O)[C@@H](C)Oc1ccc(Br)cc1F. The van der Waals surface area contributed by atoms with Crippen molar-refractivity contribution in [3.05, 3.63) is 56.8 Å². The van der Waals surface area contributed by atoms with Crippen molar-refractivity contribution in [1.82, 2.24) is 0 Å². The number of ether oxygens (including phenoxy) is 2. The summed E-state index contributed by atoms with van der Waals surface area (Å²) in [6.07, 6.45) is -1.00. The van der Waals surface area contributed by atoms with Crippen LogP contribution in [0.2, 0.25) is 0 Å². The number of hydrogen-bond donors (Lipinski definition) is 1. The van der Waals surface area contributed by atoms with E-state index in [9.17, 15) is 19.3 Å². The summed E-state index contributed by atoms with van der Waals surface area (Å²) < 4.78 is 24.7. The number of nitrogens with one attached hydrogen (secondary N) is 1. The molecule has 2 aromatic rings. The third-order valence-electron chi connectivity index (χ3n) is 3.22. The summed E-state index contributed by atoms with van der Waals surface area (Å²) in [4.78, 5) is 22.4. The van der Waals surface area contributed by atoms with Crippen molar-refractivity contribution in [2.75, 3.05) is 12.4 Å². The lowest BCUT2D eigenvalue weighted by Gasteiger charge is -2.16. The standard InChI is InChI=1S/C16H14BrFN2O5/c1-9(25-14-6-3-10(17)7-12(14)18)16(21)19-13-5-4-11(20(22)23)8-15(13)24-2/h3-9H,1-2H3,(H,19,21)/t9-/m1/s1. The van der Waals surface area contributed by atoms with E-state index in [0.717, 1.165) is 0 Å². The van der Waals surface area contributed by atoms with Crippen molar-refractivity contribution in [3.8, 4) is 11.5 Å². The Kier molecular flexibility index (Phi) is 5.92. The van der Waals surface area contributed by atoms with Crippen LogP contribution in [0.15, 0.2) is 40.9 Å². The number of nitrogens with zero attached hydrogens (tertiary/aromatic N) is 1. The second-order valence-electron chi connectivity index (χ2n) is 4.97. The van der Waals surface area contributed by atoms with Crippen LogP contribution in [0.4, 0.5) is 15.8 Å². The first-order valence-electron chi connectivity index (χ1n) is 7.07. The summed E-state index contributed by atoms with van der Waals surface area (Å²) >= 11 is 3.13. The molecule has 2 aromatic carbocycles. The number of hydrogen-bond acceptors (Lipinski definition) is 5. The Morgan fingerprint density at radius 1 is 1.28 bits per heavy atom. The number of rotatable bonds is 6. The molecule has 0 aliphatic heterocycles. The molecule has 25 heavy (non-hydrogen) atoms. The van der Waals surface area contributed by atoms with Gasteiger partial charge < -0.3 is 14.8 Å². The van der Waals surface area contributed by atoms with E-state index >= 15 is 0 Å². The summed E-state index contributed by atoms with van der Waals surface area (Å²) in [5.74, 6) is -1.11. The molecule has 0 bridgehead atoms. The number of anilines is 1. The molecule has 0 fully saturated rings. The smallest absolute Gasteiger partial charge is 0.273 e. The van der Waals surface area contributed by atoms with Gasteiger partial charge in [-0.2, -0.15) is 0 Å². The van der Waals surface area contributed by atoms with Crippen LogP contribution in [0.3, 0.4) is 0 Å². The van der Waals surface area contributed by atoms with Crippen LogP contribution in [0.1, 0.15) is 6.92 Å². The first kappa shape index (κ1) is 18.7. The molecular formula is C16H14BrFN2O5. The average molecular weight is 413 g/mol. The number of amides is 1. The van der Waals surface area contributed by atoms with Gasteiger partial charge in [0.15, 0.2) is 17.7 Å². The number of nitro groups is 1. The molecular weight excluding hydrogens is 399 g/mol. The van der Waals surface area contributed by atoms with Crippen LogP contribution in [0, 0.1) is 15.9 Å². The van der Waals surface area contributed by atoms with Gasteiger partial charge in [-0.05, 0) is 31.2 Å². The fourth-order valence-electron chi connectivity index (χ4n) is 1.95. The van der Waals surface area contributed by atoms with E-state index in [1.54, 1.807) is 6.07 Å². The molecule has 0 saturated heterocycles. The summed E-state index contributed by atoms with van der Waals surface area (Å²) in [6, 6.07) is 7.98. The highest BCUT2D eigenvalue weighted by Crippen LogP contribution is 2.29. The van der Waals surface area contributed by atoms with Crippen molar-refractivity contribution >= 4 is 33.2 Å². The zero-order chi connectivity index (χ0) is 18.6. The second kappa shape index (κ2) is 7.93. The zero-order valence-electron chi connectivity index (χ0n) is 13.3. The Morgan fingerprint density at radius 3 is 2.60 bits per heavy atom. The summed E-state index contributed by atoms with van der Waals surface area (Å²) in [5.41, 5.74) is 0.0703. The van der Waals surface area contributed by atoms with Gasteiger partial charge in [-0.15, -0.1) is 0 Å². The normalized spacial score (nSPS) is 11.5. The van der Waals surface area contributed by atoms with Crippen molar-refractivity contribution in [3.63, 3.8) is 0 Å². The largest absolute Gasteiger partial charge is 0.494 e. The molecule has 0 saturated carbocycles. The van der Waals surface area contributed by atoms with Gasteiger partial charge in [0, 0.05) is 10.5 Å². The number of carbonyl (C=O) groups is 1. The van der Waals surface area contributed by atoms with E-state index in [4.69, 9.17) is 9.47 Å². The molecule has 1 amide bonds. The van der Waals surface area contributed by atoms with Crippen molar-refractivity contribution in [1.29, 1.82) is 0 Å². The van der Waals surface area contributed by atoms with E-state index in [2.05, 4.69) is 21.2 Å². The Hall–Kier alpha value is -2.68. The summed E-state index contributed by atoms with van der Waals surface area (Å²) in [7, 11) is 1.33. The van der Waals surface area contributed by atoms with E-state index in [1.807, 2.05) is 0 Å². The highest BCUT2D eigenvalue weighted by Gasteiger charge is 2.19. The maximum Gasteiger partial charge on any atom is 0.273 e. The van der Waals surface area contributed by atoms with Crippen molar-refractivity contribution in [2.45, 2.75) is 13.0 Å². The van der Waals surface area contributed by atoms with Crippen LogP contribution in [0.25, 0.3) is 0 Å². The van der Waals surface area contributed by atoms with Crippen LogP contribution in [0.5, 0.6) is 11.5 Å². The number of carbonyl (C=O) groups excluding carboxylic acids is 1. The predicted octanol–water partition coefficient (Wildman–Crippen LogP) is 3.91. The molecule has 7 nitrogen and oxygen atoms in total. The maximum absolute atomic E-state index is 13.8. The quantitative estimate of drug-likeness (QED) is 0.573. The minimum Gasteiger partial charge on any atom is -0.494 e. The molecule has 1 atom stereocenters. The monoisotopic (exact) mass is 412 g/mol. The van der Waals surface area contributed by atoms with Gasteiger partial charge in [0.05, 0.1) is 23.8 Å². The van der Waals surface area contributed by atoms with E-state index in [0.29, 0.717) is 4.47 Å². The Bertz CT molecular complexity index is 815. The van der Waals surface area contributed by atoms with Gasteiger partial charge in [0.1, 0.15) is 5.75 Å². The number of benzene rings is 2. The fourth-order valence-corrected chi connectivity index (χ4v) is 2.28. The minimum absolute atomic E-state index is 0.0680. The van der Waals surface area contributed by atoms with Crippen LogP contribution < -0.4 is 14.8 Å². The van der Waals surface area contributed by atoms with E-state index in [1.165, 1.54) is 44.4 Å². The molecule has 0 aliphatic carbocycles. The number of methoxy groups -OCH3 is 1. The molecule has 0 spiro atoms. The highest BCUT2D eigenvalue weighted by atomic mass is 79.9. The highest BCUT2D eigenvalue weighted by molar-refractivity contribution is 9.10. The third-order valence-corrected chi connectivity index (χ3v) is 3.71. The van der Waals surface area contributed by atoms with Crippen molar-refractivity contribution in [2.24, 2.45) is 0 Å². The third kappa shape index (κ3) is 4.66. The van der Waals surface area contributed by atoms with Gasteiger partial charge in [0.2, 0.25) is 0 Å². The summed E-state index contributed by atoms with van der Waals surface area (Å²) in [6.45, 7) is 1.45. The van der Waals surface area contributed by atoms with Crippen LogP contribution in [-0.2, 0) is 4.79 Å². The molecule has 0 aromatic heterocycles. The van der Waals surface area contributed by atoms with Gasteiger partial charge >= 0.3 is 0 Å². The lowest BCUT2D eigenvalue weighted by Crippen LogP contribution is -2.30. The number of halogens is 2. The fraction of sp³-hybridized carbons (Fsp3) is 0.188. The number of non-ortho nitro benzene ring substituents is 1. The molecule has 2 rings (SSSR count). The number of nitro benzene ring substituents is 1. The topological polar surface area (TPSA) is 90.7 Å². The van der Waals surface area contributed by atoms with Gasteiger partial charge in [0.25, 0.3) is 11.6 Å². The molecule has 0 heterocycles. The van der Waals surface area contributed by atoms with Gasteiger partial charge in [-0.25, -0.2) is 4.39 Å². The summed E-state index contributed by atoms with van der Waals surface area (Å²) in [5, 5.41) is 13.3. The zero-order valence-corrected chi connectivity index (χ0v) is 14.9. The Morgan fingerprint density at radius 2 is 2.00 bits per heavy atom. The average Bonchev–Trinajstić information content (AvgIpc) is 2.57. The van der Waals surface area contributed by atoms with Crippen LogP contribution >= 0.6 is 15.9 Å². The maximum atomic E-state index is 13.8. The van der Waals surface area contributed by atoms with Crippen LogP contribution in [-0.4, -0.2) is 24.0 Å². The first-order valence-corrected chi connectivity index (χ1v) is 7.86. The van der Waals surface area contributed by atoms with Crippen molar-refractivity contribution < 1.29 is 23.6 Å². The first-order chi connectivity index (χ1) is 11.8. The predicted molar refractivity (Wildman–Crippen MR) is 92.5 cm³/mol. The molecule has 0 aliphatic rings. The molecule has 132 valence electrons. The minimum atomic E-state index is -1.00. The molecule has 1 N–H and O–H groups in total. The Balaban J connectivity index is 2.11. The second-order valence-corrected chi connectivity index (χ2v) is 5.88. The van der Waals surface area contributed by atoms with E-state index < -0.39 is 22.8 Å². The van der Waals surface area contributed by atoms with E-state index in [-0.39, 0.29) is 22.9 Å². The van der Waals surface area contributed by atoms with Gasteiger partial charge in [-0.3, -0.25) is 14.9 Å². The van der Waals surface area contributed by atoms with Gasteiger partial charge in [-0.1, -0.05) is 15.9 Å². The molecule has 0 radical (unpaired) electrons.